The Bertz CT molecular complexity index is 1280. The first-order valence-corrected chi connectivity index (χ1v) is 12.0. The van der Waals surface area contributed by atoms with Crippen LogP contribution in [0.3, 0.4) is 0 Å². The molecule has 0 aliphatic heterocycles. The number of hydrogen-bond donors (Lipinski definition) is 2. The van der Waals surface area contributed by atoms with E-state index >= 15 is 0 Å². The Balaban J connectivity index is 1.38. The van der Waals surface area contributed by atoms with E-state index in [2.05, 4.69) is 56.8 Å². The third-order valence-electron chi connectivity index (χ3n) is 5.58. The van der Waals surface area contributed by atoms with Gasteiger partial charge in [-0.3, -0.25) is 14.1 Å². The van der Waals surface area contributed by atoms with Crippen molar-refractivity contribution in [2.24, 2.45) is 0 Å². The van der Waals surface area contributed by atoms with Gasteiger partial charge < -0.3 is 5.32 Å². The Kier molecular flexibility index (Phi) is 6.99. The summed E-state index contributed by atoms with van der Waals surface area (Å²) in [5.41, 5.74) is 8.47. The van der Waals surface area contributed by atoms with Crippen LogP contribution in [0, 0.1) is 20.8 Å². The number of carbonyl (C=O) groups excluding carboxylic acids is 1. The number of hydrogen-bond acceptors (Lipinski definition) is 4. The van der Waals surface area contributed by atoms with Crippen molar-refractivity contribution in [2.45, 2.75) is 45.4 Å². The monoisotopic (exact) mass is 459 g/mol. The zero-order valence-electron chi connectivity index (χ0n) is 19.5. The van der Waals surface area contributed by atoms with Crippen LogP contribution in [0.2, 0.25) is 0 Å². The van der Waals surface area contributed by atoms with Gasteiger partial charge in [-0.15, -0.1) is 0 Å². The molecular weight excluding hydrogens is 430 g/mol. The Morgan fingerprint density at radius 1 is 1.03 bits per heavy atom. The highest BCUT2D eigenvalue weighted by molar-refractivity contribution is 7.98. The molecule has 2 amide bonds. The summed E-state index contributed by atoms with van der Waals surface area (Å²) in [7, 11) is 0. The van der Waals surface area contributed by atoms with Crippen LogP contribution in [-0.4, -0.2) is 26.9 Å². The van der Waals surface area contributed by atoms with Crippen molar-refractivity contribution in [1.29, 1.82) is 0 Å². The second-order valence-electron chi connectivity index (χ2n) is 8.09. The van der Waals surface area contributed by atoms with Crippen LogP contribution in [0.4, 0.5) is 4.79 Å². The lowest BCUT2D eigenvalue weighted by atomic mass is 10.0. The van der Waals surface area contributed by atoms with Gasteiger partial charge in [0.25, 0.3) is 0 Å². The van der Waals surface area contributed by atoms with Crippen LogP contribution in [0.25, 0.3) is 16.9 Å². The molecule has 0 aliphatic rings. The van der Waals surface area contributed by atoms with Crippen LogP contribution in [0.15, 0.2) is 59.6 Å². The smallest absolute Gasteiger partial charge is 0.325 e. The van der Waals surface area contributed by atoms with Crippen molar-refractivity contribution in [3.63, 3.8) is 0 Å². The highest BCUT2D eigenvalue weighted by atomic mass is 32.2. The number of benzene rings is 2. The van der Waals surface area contributed by atoms with Crippen LogP contribution in [0.5, 0.6) is 0 Å². The van der Waals surface area contributed by atoms with Crippen molar-refractivity contribution in [1.82, 2.24) is 24.4 Å². The molecule has 0 spiro atoms. The summed E-state index contributed by atoms with van der Waals surface area (Å²) < 4.78 is 5.00. The normalized spacial score (nSPS) is 11.0. The van der Waals surface area contributed by atoms with Crippen LogP contribution in [-0.2, 0) is 12.8 Å². The lowest BCUT2D eigenvalue weighted by Gasteiger charge is -2.09. The summed E-state index contributed by atoms with van der Waals surface area (Å²) in [5.74, 6) is 0. The van der Waals surface area contributed by atoms with Gasteiger partial charge in [0, 0.05) is 23.2 Å². The summed E-state index contributed by atoms with van der Waals surface area (Å²) in [6, 6.07) is 16.3. The number of carbonyl (C=O) groups is 1. The molecule has 0 saturated carbocycles. The molecule has 0 aliphatic carbocycles. The number of nitrogens with zero attached hydrogens (tertiary/aromatic N) is 3. The van der Waals surface area contributed by atoms with Gasteiger partial charge >= 0.3 is 6.03 Å². The third-order valence-corrected chi connectivity index (χ3v) is 6.54. The first-order chi connectivity index (χ1) is 16.0. The zero-order valence-corrected chi connectivity index (χ0v) is 20.3. The van der Waals surface area contributed by atoms with Gasteiger partial charge in [0.1, 0.15) is 0 Å². The fourth-order valence-electron chi connectivity index (χ4n) is 3.90. The second-order valence-corrected chi connectivity index (χ2v) is 8.94. The number of rotatable bonds is 7. The van der Waals surface area contributed by atoms with Crippen LogP contribution < -0.4 is 10.0 Å². The van der Waals surface area contributed by atoms with Gasteiger partial charge in [0.2, 0.25) is 0 Å². The quantitative estimate of drug-likeness (QED) is 0.361. The molecule has 33 heavy (non-hydrogen) atoms. The van der Waals surface area contributed by atoms with E-state index in [0.717, 1.165) is 57.3 Å². The van der Waals surface area contributed by atoms with Crippen molar-refractivity contribution in [3.05, 3.63) is 82.9 Å². The molecule has 170 valence electrons. The number of aryl methyl sites for hydroxylation is 4. The number of aromatic nitrogens is 3. The molecule has 0 radical (unpaired) electrons. The number of nitrogens with one attached hydrogen (secondary N) is 2. The van der Waals surface area contributed by atoms with E-state index < -0.39 is 0 Å². The fourth-order valence-corrected chi connectivity index (χ4v) is 4.55. The summed E-state index contributed by atoms with van der Waals surface area (Å²) in [6.07, 6.45) is 3.67. The van der Waals surface area contributed by atoms with Gasteiger partial charge in [-0.2, -0.15) is 0 Å². The highest BCUT2D eigenvalue weighted by Gasteiger charge is 2.15. The van der Waals surface area contributed by atoms with E-state index in [0.29, 0.717) is 6.54 Å². The Labute approximate surface area is 199 Å². The standard InChI is InChI=1S/C26H29N5OS/c1-5-22-24(31-16-18(3)28-19(4)25(31)29-22)21-12-10-20(11-13-21)14-15-27-26(32)30-33-23-9-7-6-8-17(23)2/h6-13,16H,5,14-15H2,1-4H3,(H2,27,30,32). The van der Waals surface area contributed by atoms with E-state index in [1.807, 2.05) is 45.0 Å². The third kappa shape index (κ3) is 5.20. The molecule has 0 bridgehead atoms. The summed E-state index contributed by atoms with van der Waals surface area (Å²) in [4.78, 5) is 22.5. The van der Waals surface area contributed by atoms with Crippen LogP contribution in [0.1, 0.15) is 35.1 Å². The number of imidazole rings is 1. The van der Waals surface area contributed by atoms with Gasteiger partial charge in [0.15, 0.2) is 5.65 Å². The highest BCUT2D eigenvalue weighted by Crippen LogP contribution is 2.27. The van der Waals surface area contributed by atoms with Crippen molar-refractivity contribution < 1.29 is 4.79 Å². The van der Waals surface area contributed by atoms with Gasteiger partial charge in [-0.05, 0) is 62.8 Å². The van der Waals surface area contributed by atoms with Crippen molar-refractivity contribution in [3.8, 4) is 11.3 Å². The van der Waals surface area contributed by atoms with E-state index in [1.54, 1.807) is 0 Å². The first-order valence-electron chi connectivity index (χ1n) is 11.2. The molecule has 0 fully saturated rings. The summed E-state index contributed by atoms with van der Waals surface area (Å²) in [6.45, 7) is 8.74. The zero-order chi connectivity index (χ0) is 23.4. The van der Waals surface area contributed by atoms with E-state index in [4.69, 9.17) is 4.98 Å². The molecule has 2 aromatic carbocycles. The summed E-state index contributed by atoms with van der Waals surface area (Å²) >= 11 is 1.33. The Morgan fingerprint density at radius 2 is 1.79 bits per heavy atom. The van der Waals surface area contributed by atoms with E-state index in [9.17, 15) is 4.79 Å². The Hall–Kier alpha value is -3.32. The lowest BCUT2D eigenvalue weighted by Crippen LogP contribution is -2.32. The maximum absolute atomic E-state index is 12.1. The maximum Gasteiger partial charge on any atom is 0.325 e. The molecule has 0 atom stereocenters. The van der Waals surface area contributed by atoms with Crippen molar-refractivity contribution in [2.75, 3.05) is 6.54 Å². The minimum Gasteiger partial charge on any atom is -0.337 e. The molecule has 2 N–H and O–H groups in total. The SMILES string of the molecule is CCc1nc2c(C)nc(C)cn2c1-c1ccc(CCNC(=O)NSc2ccccc2C)cc1. The first kappa shape index (κ1) is 22.9. The Morgan fingerprint density at radius 3 is 2.52 bits per heavy atom. The average molecular weight is 460 g/mol. The molecule has 0 saturated heterocycles. The second kappa shape index (κ2) is 10.1. The molecular formula is C26H29N5OS. The number of amides is 2. The predicted molar refractivity (Wildman–Crippen MR) is 135 cm³/mol. The molecule has 0 unspecified atom stereocenters. The lowest BCUT2D eigenvalue weighted by molar-refractivity contribution is 0.246. The fraction of sp³-hybridized carbons (Fsp3) is 0.269. The average Bonchev–Trinajstić information content (AvgIpc) is 3.18. The molecule has 4 rings (SSSR count). The van der Waals surface area contributed by atoms with Crippen molar-refractivity contribution >= 4 is 23.6 Å². The molecule has 2 aromatic heterocycles. The van der Waals surface area contributed by atoms with E-state index in [1.165, 1.54) is 17.5 Å². The van der Waals surface area contributed by atoms with Gasteiger partial charge in [0.05, 0.1) is 22.8 Å². The molecule has 4 aromatic rings. The maximum atomic E-state index is 12.1. The number of fused-ring (bicyclic) bond motifs is 1. The summed E-state index contributed by atoms with van der Waals surface area (Å²) in [5, 5.41) is 2.93. The molecule has 6 nitrogen and oxygen atoms in total. The molecule has 2 heterocycles. The van der Waals surface area contributed by atoms with E-state index in [-0.39, 0.29) is 6.03 Å². The topological polar surface area (TPSA) is 71.3 Å². The largest absolute Gasteiger partial charge is 0.337 e. The van der Waals surface area contributed by atoms with Gasteiger partial charge in [-0.25, -0.2) is 9.78 Å². The van der Waals surface area contributed by atoms with Gasteiger partial charge in [-0.1, -0.05) is 49.4 Å². The minimum absolute atomic E-state index is 0.183. The number of urea groups is 1. The molecule has 7 heteroatoms. The predicted octanol–water partition coefficient (Wildman–Crippen LogP) is 5.43. The van der Waals surface area contributed by atoms with Crippen LogP contribution >= 0.6 is 11.9 Å². The minimum atomic E-state index is -0.183.